The summed E-state index contributed by atoms with van der Waals surface area (Å²) in [5.74, 6) is 0.343. The van der Waals surface area contributed by atoms with Gasteiger partial charge in [-0.1, -0.05) is 56.3 Å². The van der Waals surface area contributed by atoms with Gasteiger partial charge in [-0.15, -0.1) is 0 Å². The van der Waals surface area contributed by atoms with Gasteiger partial charge in [-0.2, -0.15) is 0 Å². The molecule has 1 aromatic heterocycles. The number of fused-ring (bicyclic) bond motifs is 6. The highest BCUT2D eigenvalue weighted by atomic mass is 16.5. The first kappa shape index (κ1) is 19.5. The lowest BCUT2D eigenvalue weighted by molar-refractivity contribution is 0.161. The van der Waals surface area contributed by atoms with Crippen LogP contribution in [0.5, 0.6) is 0 Å². The first-order valence-corrected chi connectivity index (χ1v) is 10.3. The van der Waals surface area contributed by atoms with E-state index in [1.165, 1.54) is 27.7 Å². The molecule has 1 fully saturated rings. The molecule has 1 unspecified atom stereocenters. The molecular weight excluding hydrogens is 364 g/mol. The van der Waals surface area contributed by atoms with Crippen molar-refractivity contribution in [2.45, 2.75) is 39.4 Å². The second kappa shape index (κ2) is 8.27. The number of nitrogens with one attached hydrogen (secondary N) is 2. The molecule has 2 aliphatic heterocycles. The molecule has 3 aromatic rings. The molecule has 2 amide bonds. The van der Waals surface area contributed by atoms with E-state index in [0.717, 1.165) is 18.7 Å². The molecule has 0 saturated carbocycles. The fourth-order valence-electron chi connectivity index (χ4n) is 4.47. The third-order valence-corrected chi connectivity index (χ3v) is 5.75. The summed E-state index contributed by atoms with van der Waals surface area (Å²) in [4.78, 5) is 14.1. The Kier molecular flexibility index (Phi) is 5.56. The third-order valence-electron chi connectivity index (χ3n) is 5.75. The van der Waals surface area contributed by atoms with E-state index >= 15 is 0 Å². The molecule has 2 aliphatic rings. The highest BCUT2D eigenvalue weighted by Gasteiger charge is 2.36. The van der Waals surface area contributed by atoms with Crippen LogP contribution in [-0.4, -0.2) is 33.8 Å². The smallest absolute Gasteiger partial charge is 0.317 e. The second-order valence-corrected chi connectivity index (χ2v) is 7.38. The van der Waals surface area contributed by atoms with E-state index in [2.05, 4.69) is 51.8 Å². The molecule has 3 N–H and O–H groups in total. The summed E-state index contributed by atoms with van der Waals surface area (Å²) < 4.78 is 2.36. The van der Waals surface area contributed by atoms with Crippen LogP contribution in [0.25, 0.3) is 10.9 Å². The van der Waals surface area contributed by atoms with Crippen molar-refractivity contribution in [2.75, 3.05) is 13.1 Å². The quantitative estimate of drug-likeness (QED) is 0.591. The predicted octanol–water partition coefficient (Wildman–Crippen LogP) is 3.82. The van der Waals surface area contributed by atoms with Crippen molar-refractivity contribution in [3.63, 3.8) is 0 Å². The lowest BCUT2D eigenvalue weighted by Crippen LogP contribution is -2.52. The van der Waals surface area contributed by atoms with Gasteiger partial charge in [0.1, 0.15) is 0 Å². The predicted molar refractivity (Wildman–Crippen MR) is 114 cm³/mol. The maximum Gasteiger partial charge on any atom is 0.317 e. The standard InChI is InChI=1S/C21H22N4O2.C2H6/c26-21-22-10-16-12-24(21)13-19-20(16)17-3-1-2-4-18(17)25(19)11-15-7-5-14(6-8-15)9-23-27;1-2/h1-8,16,23,27H,9-13H2,(H,22,26);1-2H3. The number of hydrogen-bond acceptors (Lipinski definition) is 3. The van der Waals surface area contributed by atoms with Gasteiger partial charge in [0, 0.05) is 48.7 Å². The lowest BCUT2D eigenvalue weighted by atomic mass is 9.90. The molecule has 152 valence electrons. The average Bonchev–Trinajstić information content (AvgIpc) is 3.08. The number of nitrogens with zero attached hydrogens (tertiary/aromatic N) is 2. The molecule has 6 heteroatoms. The SMILES string of the molecule is CC.O=C1NCC2CN1Cc1c2c2ccccc2n1Cc1ccc(CNO)cc1. The molecule has 1 saturated heterocycles. The van der Waals surface area contributed by atoms with Crippen LogP contribution < -0.4 is 10.8 Å². The van der Waals surface area contributed by atoms with Crippen LogP contribution in [-0.2, 0) is 19.6 Å². The van der Waals surface area contributed by atoms with Crippen LogP contribution in [0.1, 0.15) is 42.1 Å². The fourth-order valence-corrected chi connectivity index (χ4v) is 4.47. The molecule has 0 aliphatic carbocycles. The Balaban J connectivity index is 0.000000994. The Labute approximate surface area is 171 Å². The zero-order valence-corrected chi connectivity index (χ0v) is 17.0. The first-order valence-electron chi connectivity index (χ1n) is 10.3. The number of hydroxylamine groups is 1. The number of amides is 2. The number of para-hydroxylation sites is 1. The maximum atomic E-state index is 12.2. The zero-order valence-electron chi connectivity index (χ0n) is 17.0. The number of benzene rings is 2. The monoisotopic (exact) mass is 392 g/mol. The summed E-state index contributed by atoms with van der Waals surface area (Å²) in [6, 6.07) is 16.8. The van der Waals surface area contributed by atoms with Gasteiger partial charge in [-0.05, 0) is 22.8 Å². The Morgan fingerprint density at radius 2 is 1.83 bits per heavy atom. The second-order valence-electron chi connectivity index (χ2n) is 7.38. The number of carbonyl (C=O) groups excluding carboxylic acids is 1. The van der Waals surface area contributed by atoms with Gasteiger partial charge in [0.15, 0.2) is 0 Å². The van der Waals surface area contributed by atoms with E-state index in [0.29, 0.717) is 25.6 Å². The van der Waals surface area contributed by atoms with E-state index in [9.17, 15) is 4.79 Å². The Hall–Kier alpha value is -2.83. The Morgan fingerprint density at radius 3 is 2.59 bits per heavy atom. The molecular formula is C23H28N4O2. The van der Waals surface area contributed by atoms with Crippen molar-refractivity contribution >= 4 is 16.9 Å². The van der Waals surface area contributed by atoms with Gasteiger partial charge in [0.05, 0.1) is 6.54 Å². The maximum absolute atomic E-state index is 12.2. The largest absolute Gasteiger partial charge is 0.338 e. The summed E-state index contributed by atoms with van der Waals surface area (Å²) in [6.45, 7) is 7.37. The number of hydrogen-bond donors (Lipinski definition) is 3. The van der Waals surface area contributed by atoms with Gasteiger partial charge in [-0.3, -0.25) is 0 Å². The van der Waals surface area contributed by atoms with Gasteiger partial charge >= 0.3 is 6.03 Å². The first-order chi connectivity index (χ1) is 14.2. The third kappa shape index (κ3) is 3.50. The molecule has 0 spiro atoms. The molecule has 5 rings (SSSR count). The summed E-state index contributed by atoms with van der Waals surface area (Å²) in [6.07, 6.45) is 0. The average molecular weight is 393 g/mol. The summed E-state index contributed by atoms with van der Waals surface area (Å²) in [5, 5.41) is 13.2. The highest BCUT2D eigenvalue weighted by Crippen LogP contribution is 2.38. The molecule has 3 heterocycles. The minimum atomic E-state index is 0.0366. The van der Waals surface area contributed by atoms with Gasteiger partial charge in [-0.25, -0.2) is 10.3 Å². The molecule has 6 nitrogen and oxygen atoms in total. The summed E-state index contributed by atoms with van der Waals surface area (Å²) in [7, 11) is 0. The highest BCUT2D eigenvalue weighted by molar-refractivity contribution is 5.88. The number of rotatable bonds is 4. The van der Waals surface area contributed by atoms with Gasteiger partial charge in [0.25, 0.3) is 0 Å². The normalized spacial score (nSPS) is 17.4. The zero-order chi connectivity index (χ0) is 20.4. The Morgan fingerprint density at radius 1 is 1.10 bits per heavy atom. The Bertz CT molecular complexity index is 1010. The van der Waals surface area contributed by atoms with Gasteiger partial charge < -0.3 is 20.0 Å². The van der Waals surface area contributed by atoms with Crippen LogP contribution in [0, 0.1) is 0 Å². The van der Waals surface area contributed by atoms with E-state index in [4.69, 9.17) is 5.21 Å². The molecule has 29 heavy (non-hydrogen) atoms. The number of aromatic nitrogens is 1. The summed E-state index contributed by atoms with van der Waals surface area (Å²) in [5.41, 5.74) is 8.31. The fraction of sp³-hybridized carbons (Fsp3) is 0.348. The van der Waals surface area contributed by atoms with Crippen molar-refractivity contribution in [3.8, 4) is 0 Å². The molecule has 2 bridgehead atoms. The number of urea groups is 1. The molecule has 2 aromatic carbocycles. The van der Waals surface area contributed by atoms with Crippen molar-refractivity contribution < 1.29 is 10.0 Å². The molecule has 0 radical (unpaired) electrons. The van der Waals surface area contributed by atoms with E-state index in [-0.39, 0.29) is 6.03 Å². The van der Waals surface area contributed by atoms with Crippen molar-refractivity contribution in [1.82, 2.24) is 20.3 Å². The van der Waals surface area contributed by atoms with Crippen LogP contribution in [0.2, 0.25) is 0 Å². The lowest BCUT2D eigenvalue weighted by Gasteiger charge is -2.38. The van der Waals surface area contributed by atoms with Crippen LogP contribution in [0.3, 0.4) is 0 Å². The van der Waals surface area contributed by atoms with Gasteiger partial charge in [0.2, 0.25) is 0 Å². The topological polar surface area (TPSA) is 69.5 Å². The molecule has 1 atom stereocenters. The number of carbonyl (C=O) groups is 1. The van der Waals surface area contributed by atoms with E-state index in [1.807, 2.05) is 30.9 Å². The minimum absolute atomic E-state index is 0.0366. The van der Waals surface area contributed by atoms with Crippen LogP contribution in [0.15, 0.2) is 48.5 Å². The van der Waals surface area contributed by atoms with Crippen LogP contribution >= 0.6 is 0 Å². The van der Waals surface area contributed by atoms with E-state index < -0.39 is 0 Å². The van der Waals surface area contributed by atoms with Crippen molar-refractivity contribution in [2.24, 2.45) is 0 Å². The van der Waals surface area contributed by atoms with Crippen molar-refractivity contribution in [1.29, 1.82) is 0 Å². The van der Waals surface area contributed by atoms with E-state index in [1.54, 1.807) is 0 Å². The van der Waals surface area contributed by atoms with Crippen LogP contribution in [0.4, 0.5) is 4.79 Å². The van der Waals surface area contributed by atoms with Crippen molar-refractivity contribution in [3.05, 3.63) is 70.9 Å². The minimum Gasteiger partial charge on any atom is -0.338 e. The summed E-state index contributed by atoms with van der Waals surface area (Å²) >= 11 is 0.